The summed E-state index contributed by atoms with van der Waals surface area (Å²) in [4.78, 5) is 10.6. The van der Waals surface area contributed by atoms with Crippen LogP contribution in [0.25, 0.3) is 0 Å². The zero-order valence-corrected chi connectivity index (χ0v) is 10.1. The standard InChI is InChI=1S/C5H7Br3O2/c1-10-5(9)4(8)3(7)2-6/h3-4H,2H2,1H3/t3-,4+/m1/s1. The number of carbonyl (C=O) groups excluding carboxylic acids is 1. The Balaban J connectivity index is 3.81. The molecule has 60 valence electrons. The minimum Gasteiger partial charge on any atom is -0.468 e. The van der Waals surface area contributed by atoms with Gasteiger partial charge in [-0.3, -0.25) is 4.79 Å². The summed E-state index contributed by atoms with van der Waals surface area (Å²) in [5.74, 6) is -0.263. The van der Waals surface area contributed by atoms with Crippen LogP contribution in [0, 0.1) is 0 Å². The van der Waals surface area contributed by atoms with E-state index in [1.807, 2.05) is 0 Å². The van der Waals surface area contributed by atoms with Gasteiger partial charge in [0.25, 0.3) is 0 Å². The predicted octanol–water partition coefficient (Wildman–Crippen LogP) is 2.08. The molecule has 0 amide bonds. The van der Waals surface area contributed by atoms with Crippen LogP contribution in [0.4, 0.5) is 0 Å². The third-order valence-corrected chi connectivity index (χ3v) is 5.03. The van der Waals surface area contributed by atoms with Crippen molar-refractivity contribution in [3.63, 3.8) is 0 Å². The van der Waals surface area contributed by atoms with Gasteiger partial charge in [0, 0.05) is 10.2 Å². The van der Waals surface area contributed by atoms with Gasteiger partial charge in [-0.25, -0.2) is 0 Å². The van der Waals surface area contributed by atoms with Crippen LogP contribution in [0.3, 0.4) is 0 Å². The maximum Gasteiger partial charge on any atom is 0.320 e. The smallest absolute Gasteiger partial charge is 0.320 e. The Morgan fingerprint density at radius 1 is 1.60 bits per heavy atom. The summed E-state index contributed by atoms with van der Waals surface area (Å²) >= 11 is 9.69. The summed E-state index contributed by atoms with van der Waals surface area (Å²) in [5, 5.41) is 0.706. The topological polar surface area (TPSA) is 26.3 Å². The van der Waals surface area contributed by atoms with Crippen molar-refractivity contribution in [1.82, 2.24) is 0 Å². The molecule has 0 heterocycles. The van der Waals surface area contributed by atoms with Crippen LogP contribution in [0.2, 0.25) is 0 Å². The molecule has 0 N–H and O–H groups in total. The molecule has 0 fully saturated rings. The summed E-state index contributed by atoms with van der Waals surface area (Å²) in [6.07, 6.45) is 0. The molecule has 0 aromatic heterocycles. The zero-order chi connectivity index (χ0) is 8.15. The number of alkyl halides is 3. The highest BCUT2D eigenvalue weighted by Gasteiger charge is 2.22. The average molecular weight is 339 g/mol. The van der Waals surface area contributed by atoms with Crippen LogP contribution in [0.1, 0.15) is 0 Å². The van der Waals surface area contributed by atoms with Gasteiger partial charge >= 0.3 is 5.97 Å². The first-order valence-corrected chi connectivity index (χ1v) is 5.50. The lowest BCUT2D eigenvalue weighted by atomic mass is 10.3. The molecule has 0 radical (unpaired) electrons. The number of halogens is 3. The Labute approximate surface area is 85.1 Å². The van der Waals surface area contributed by atoms with E-state index in [9.17, 15) is 4.79 Å². The van der Waals surface area contributed by atoms with Crippen molar-refractivity contribution in [3.8, 4) is 0 Å². The molecule has 0 saturated carbocycles. The summed E-state index contributed by atoms with van der Waals surface area (Å²) in [6, 6.07) is 0. The predicted molar refractivity (Wildman–Crippen MR) is 51.2 cm³/mol. The zero-order valence-electron chi connectivity index (χ0n) is 5.31. The highest BCUT2D eigenvalue weighted by molar-refractivity contribution is 9.13. The van der Waals surface area contributed by atoms with Crippen molar-refractivity contribution in [2.24, 2.45) is 0 Å². The van der Waals surface area contributed by atoms with Crippen LogP contribution in [-0.2, 0) is 9.53 Å². The fraction of sp³-hybridized carbons (Fsp3) is 0.800. The Kier molecular flexibility index (Phi) is 6.05. The second kappa shape index (κ2) is 5.55. The van der Waals surface area contributed by atoms with Crippen molar-refractivity contribution in [3.05, 3.63) is 0 Å². The number of methoxy groups -OCH3 is 1. The van der Waals surface area contributed by atoms with E-state index in [0.29, 0.717) is 5.33 Å². The first-order chi connectivity index (χ1) is 4.63. The SMILES string of the molecule is COC(=O)[C@@H](Br)[C@H](Br)CBr. The molecular weight excluding hydrogens is 332 g/mol. The van der Waals surface area contributed by atoms with E-state index in [4.69, 9.17) is 0 Å². The van der Waals surface area contributed by atoms with Crippen LogP contribution in [-0.4, -0.2) is 28.1 Å². The van der Waals surface area contributed by atoms with Crippen LogP contribution in [0.5, 0.6) is 0 Å². The van der Waals surface area contributed by atoms with E-state index in [2.05, 4.69) is 52.5 Å². The molecule has 0 aromatic carbocycles. The van der Waals surface area contributed by atoms with Crippen LogP contribution >= 0.6 is 47.8 Å². The van der Waals surface area contributed by atoms with Gasteiger partial charge in [-0.05, 0) is 0 Å². The third-order valence-electron chi connectivity index (χ3n) is 0.891. The molecule has 2 atom stereocenters. The summed E-state index contributed by atoms with van der Waals surface area (Å²) in [7, 11) is 1.37. The number of rotatable bonds is 3. The van der Waals surface area contributed by atoms with E-state index in [-0.39, 0.29) is 15.6 Å². The van der Waals surface area contributed by atoms with Crippen molar-refractivity contribution < 1.29 is 9.53 Å². The van der Waals surface area contributed by atoms with E-state index in [1.165, 1.54) is 7.11 Å². The maximum atomic E-state index is 10.8. The lowest BCUT2D eigenvalue weighted by Crippen LogP contribution is -2.26. The van der Waals surface area contributed by atoms with Crippen molar-refractivity contribution in [1.29, 1.82) is 0 Å². The molecule has 0 aliphatic rings. The van der Waals surface area contributed by atoms with Crippen molar-refractivity contribution in [2.45, 2.75) is 9.65 Å². The Morgan fingerprint density at radius 2 is 2.10 bits per heavy atom. The fourth-order valence-corrected chi connectivity index (χ4v) is 1.80. The van der Waals surface area contributed by atoms with E-state index in [0.717, 1.165) is 0 Å². The molecule has 0 saturated heterocycles. The molecule has 2 nitrogen and oxygen atoms in total. The van der Waals surface area contributed by atoms with E-state index in [1.54, 1.807) is 0 Å². The Morgan fingerprint density at radius 3 is 2.40 bits per heavy atom. The number of hydrogen-bond acceptors (Lipinski definition) is 2. The molecule has 0 unspecified atom stereocenters. The third kappa shape index (κ3) is 3.34. The fourth-order valence-electron chi connectivity index (χ4n) is 0.338. The lowest BCUT2D eigenvalue weighted by molar-refractivity contribution is -0.139. The second-order valence-electron chi connectivity index (χ2n) is 1.60. The van der Waals surface area contributed by atoms with Gasteiger partial charge in [0.05, 0.1) is 7.11 Å². The highest BCUT2D eigenvalue weighted by atomic mass is 79.9. The van der Waals surface area contributed by atoms with E-state index >= 15 is 0 Å². The first-order valence-electron chi connectivity index (χ1n) is 2.55. The van der Waals surface area contributed by atoms with Crippen molar-refractivity contribution in [2.75, 3.05) is 12.4 Å². The van der Waals surface area contributed by atoms with E-state index < -0.39 is 0 Å². The summed E-state index contributed by atoms with van der Waals surface area (Å²) in [5.41, 5.74) is 0. The van der Waals surface area contributed by atoms with Crippen molar-refractivity contribution >= 4 is 53.8 Å². The van der Waals surface area contributed by atoms with Gasteiger partial charge in [0.1, 0.15) is 4.83 Å². The monoisotopic (exact) mass is 336 g/mol. The lowest BCUT2D eigenvalue weighted by Gasteiger charge is -2.10. The summed E-state index contributed by atoms with van der Waals surface area (Å²) in [6.45, 7) is 0. The van der Waals surface area contributed by atoms with Gasteiger partial charge in [0.2, 0.25) is 0 Å². The number of carbonyl (C=O) groups is 1. The minimum absolute atomic E-state index is 0.0694. The molecule has 0 aromatic rings. The maximum absolute atomic E-state index is 10.8. The highest BCUT2D eigenvalue weighted by Crippen LogP contribution is 2.17. The quantitative estimate of drug-likeness (QED) is 0.582. The van der Waals surface area contributed by atoms with Gasteiger partial charge in [-0.15, -0.1) is 0 Å². The normalized spacial score (nSPS) is 16.0. The molecule has 0 spiro atoms. The summed E-state index contributed by atoms with van der Waals surface area (Å²) < 4.78 is 4.50. The molecule has 10 heavy (non-hydrogen) atoms. The molecule has 0 rings (SSSR count). The first kappa shape index (κ1) is 10.9. The Bertz CT molecular complexity index is 117. The van der Waals surface area contributed by atoms with Gasteiger partial charge in [-0.2, -0.15) is 0 Å². The number of hydrogen-bond donors (Lipinski definition) is 0. The molecule has 0 aliphatic heterocycles. The average Bonchev–Trinajstić information content (AvgIpc) is 2.00. The molecule has 0 bridgehead atoms. The molecular formula is C5H7Br3O2. The second-order valence-corrected chi connectivity index (χ2v) is 4.41. The van der Waals surface area contributed by atoms with Gasteiger partial charge in [0.15, 0.2) is 0 Å². The van der Waals surface area contributed by atoms with Crippen LogP contribution < -0.4 is 0 Å². The molecule has 5 heteroatoms. The largest absolute Gasteiger partial charge is 0.468 e. The van der Waals surface area contributed by atoms with Gasteiger partial charge in [-0.1, -0.05) is 47.8 Å². The van der Waals surface area contributed by atoms with Gasteiger partial charge < -0.3 is 4.74 Å². The minimum atomic E-state index is -0.281. The number of esters is 1. The van der Waals surface area contributed by atoms with Crippen LogP contribution in [0.15, 0.2) is 0 Å². The Hall–Kier alpha value is 0.910. The molecule has 0 aliphatic carbocycles. The number of ether oxygens (including phenoxy) is 1.